The van der Waals surface area contributed by atoms with Crippen LogP contribution in [0.3, 0.4) is 0 Å². The standard InChI is InChI=1S/C9H5F3N2O3S.C9H18N2OSi/c10-9(11,12)18(15,16)17-7-3-5-14-8-6(7)2-1-4-13-8;1-13(2,3)8-7-12-9-11-6-4-5-10-11/h1-5H;4-6H,7-9H2,1-3H3. The van der Waals surface area contributed by atoms with Crippen LogP contribution in [-0.4, -0.2) is 48.4 Å². The van der Waals surface area contributed by atoms with Crippen LogP contribution < -0.4 is 4.18 Å². The third kappa shape index (κ3) is 7.92. The highest BCUT2D eigenvalue weighted by Crippen LogP contribution is 2.30. The van der Waals surface area contributed by atoms with Gasteiger partial charge >= 0.3 is 15.6 Å². The monoisotopic (exact) mass is 476 g/mol. The summed E-state index contributed by atoms with van der Waals surface area (Å²) in [6.45, 7) is 8.49. The van der Waals surface area contributed by atoms with Crippen molar-refractivity contribution in [2.45, 2.75) is 37.9 Å². The van der Waals surface area contributed by atoms with Crippen LogP contribution in [0.2, 0.25) is 25.7 Å². The summed E-state index contributed by atoms with van der Waals surface area (Å²) in [5.74, 6) is -0.467. The van der Waals surface area contributed by atoms with Crippen molar-refractivity contribution in [2.75, 3.05) is 6.61 Å². The van der Waals surface area contributed by atoms with Crippen LogP contribution in [0.5, 0.6) is 5.75 Å². The second-order valence-corrected chi connectivity index (χ2v) is 14.7. The van der Waals surface area contributed by atoms with E-state index >= 15 is 0 Å². The lowest BCUT2D eigenvalue weighted by Crippen LogP contribution is -2.28. The molecule has 8 nitrogen and oxygen atoms in total. The molecular weight excluding hydrogens is 453 g/mol. The van der Waals surface area contributed by atoms with Gasteiger partial charge in [-0.05, 0) is 24.2 Å². The van der Waals surface area contributed by atoms with Crippen molar-refractivity contribution in [3.05, 3.63) is 49.1 Å². The fraction of sp³-hybridized carbons (Fsp3) is 0.389. The zero-order valence-corrected chi connectivity index (χ0v) is 19.0. The average Bonchev–Trinajstić information content (AvgIpc) is 3.18. The van der Waals surface area contributed by atoms with E-state index in [-0.39, 0.29) is 11.0 Å². The summed E-state index contributed by atoms with van der Waals surface area (Å²) in [5.41, 5.74) is -5.39. The molecule has 0 unspecified atom stereocenters. The van der Waals surface area contributed by atoms with E-state index in [1.54, 1.807) is 10.9 Å². The molecule has 0 atom stereocenters. The number of nitrogens with zero attached hydrogens (tertiary/aromatic N) is 4. The molecule has 0 saturated carbocycles. The summed E-state index contributed by atoms with van der Waals surface area (Å²) in [6, 6.07) is 6.93. The number of rotatable bonds is 7. The van der Waals surface area contributed by atoms with E-state index in [0.717, 1.165) is 18.9 Å². The quantitative estimate of drug-likeness (QED) is 0.220. The average molecular weight is 477 g/mol. The van der Waals surface area contributed by atoms with Crippen molar-refractivity contribution in [2.24, 2.45) is 0 Å². The molecule has 0 aliphatic rings. The Morgan fingerprint density at radius 3 is 2.39 bits per heavy atom. The molecule has 0 spiro atoms. The number of hydrogen-bond donors (Lipinski definition) is 0. The van der Waals surface area contributed by atoms with E-state index in [9.17, 15) is 21.6 Å². The lowest BCUT2D eigenvalue weighted by molar-refractivity contribution is -0.0499. The SMILES string of the molecule is C[Si](C)(C)CCOCn1cccn1.O=S(=O)(Oc1ccnc2ncccc12)C(F)(F)F. The molecule has 3 aromatic heterocycles. The Bertz CT molecular complexity index is 1070. The Balaban J connectivity index is 0.000000233. The van der Waals surface area contributed by atoms with Gasteiger partial charge in [-0.3, -0.25) is 0 Å². The van der Waals surface area contributed by atoms with Crippen LogP contribution in [0, 0.1) is 0 Å². The van der Waals surface area contributed by atoms with Gasteiger partial charge in [-0.25, -0.2) is 14.6 Å². The third-order valence-electron chi connectivity index (χ3n) is 3.74. The predicted molar refractivity (Wildman–Crippen MR) is 111 cm³/mol. The zero-order valence-electron chi connectivity index (χ0n) is 17.2. The van der Waals surface area contributed by atoms with Crippen LogP contribution >= 0.6 is 0 Å². The molecule has 0 radical (unpaired) electrons. The fourth-order valence-corrected chi connectivity index (χ4v) is 3.34. The molecule has 0 fully saturated rings. The van der Waals surface area contributed by atoms with Gasteiger partial charge in [-0.1, -0.05) is 19.6 Å². The highest BCUT2D eigenvalue weighted by molar-refractivity contribution is 7.88. The maximum atomic E-state index is 12.2. The first-order chi connectivity index (χ1) is 14.4. The Hall–Kier alpha value is -2.51. The Morgan fingerprint density at radius 2 is 1.77 bits per heavy atom. The van der Waals surface area contributed by atoms with E-state index in [1.807, 2.05) is 12.3 Å². The second kappa shape index (κ2) is 10.2. The molecular formula is C18H23F3N4O4SSi. The fourth-order valence-electron chi connectivity index (χ4n) is 2.11. The molecule has 3 rings (SSSR count). The third-order valence-corrected chi connectivity index (χ3v) is 6.41. The molecule has 0 aliphatic heterocycles. The van der Waals surface area contributed by atoms with Gasteiger partial charge in [-0.2, -0.15) is 26.7 Å². The van der Waals surface area contributed by atoms with E-state index in [2.05, 4.69) is 38.9 Å². The Morgan fingerprint density at radius 1 is 1.06 bits per heavy atom. The number of hydrogen-bond acceptors (Lipinski definition) is 7. The summed E-state index contributed by atoms with van der Waals surface area (Å²) in [4.78, 5) is 7.53. The highest BCUT2D eigenvalue weighted by atomic mass is 32.2. The number of aromatic nitrogens is 4. The van der Waals surface area contributed by atoms with E-state index in [4.69, 9.17) is 4.74 Å². The van der Waals surface area contributed by atoms with E-state index < -0.39 is 29.4 Å². The van der Waals surface area contributed by atoms with E-state index in [0.29, 0.717) is 6.73 Å². The number of halogens is 3. The van der Waals surface area contributed by atoms with Crippen molar-refractivity contribution in [1.29, 1.82) is 0 Å². The van der Waals surface area contributed by atoms with Crippen LogP contribution in [0.25, 0.3) is 11.0 Å². The minimum Gasteiger partial charge on any atom is -0.375 e. The Kier molecular flexibility index (Phi) is 8.14. The normalized spacial score (nSPS) is 12.3. The van der Waals surface area contributed by atoms with Crippen molar-refractivity contribution in [3.63, 3.8) is 0 Å². The summed E-state index contributed by atoms with van der Waals surface area (Å²) < 4.78 is 69.6. The summed E-state index contributed by atoms with van der Waals surface area (Å²) in [7, 11) is -6.63. The smallest absolute Gasteiger partial charge is 0.375 e. The first-order valence-corrected chi connectivity index (χ1v) is 14.3. The van der Waals surface area contributed by atoms with Gasteiger partial charge in [0.1, 0.15) is 6.73 Å². The zero-order chi connectivity index (χ0) is 23.1. The van der Waals surface area contributed by atoms with Crippen molar-refractivity contribution in [1.82, 2.24) is 19.7 Å². The van der Waals surface area contributed by atoms with Crippen LogP contribution in [0.4, 0.5) is 13.2 Å². The molecule has 0 saturated heterocycles. The van der Waals surface area contributed by atoms with E-state index in [1.165, 1.54) is 24.4 Å². The molecule has 31 heavy (non-hydrogen) atoms. The summed E-state index contributed by atoms with van der Waals surface area (Å²) >= 11 is 0. The largest absolute Gasteiger partial charge is 0.534 e. The maximum Gasteiger partial charge on any atom is 0.534 e. The lowest BCUT2D eigenvalue weighted by atomic mass is 10.3. The number of fused-ring (bicyclic) bond motifs is 1. The molecule has 0 N–H and O–H groups in total. The van der Waals surface area contributed by atoms with Gasteiger partial charge in [0.05, 0.1) is 5.39 Å². The molecule has 0 bridgehead atoms. The number of pyridine rings is 2. The van der Waals surface area contributed by atoms with Gasteiger partial charge in [0.2, 0.25) is 0 Å². The van der Waals surface area contributed by atoms with Gasteiger partial charge < -0.3 is 8.92 Å². The van der Waals surface area contributed by atoms with Crippen LogP contribution in [0.15, 0.2) is 49.1 Å². The van der Waals surface area contributed by atoms with Crippen molar-refractivity contribution in [3.8, 4) is 5.75 Å². The van der Waals surface area contributed by atoms with Gasteiger partial charge in [-0.15, -0.1) is 0 Å². The Labute approximate surface area is 179 Å². The second-order valence-electron chi connectivity index (χ2n) is 7.56. The molecule has 0 aliphatic carbocycles. The van der Waals surface area contributed by atoms with Gasteiger partial charge in [0, 0.05) is 45.5 Å². The molecule has 0 aromatic carbocycles. The lowest BCUT2D eigenvalue weighted by Gasteiger charge is -2.15. The highest BCUT2D eigenvalue weighted by Gasteiger charge is 2.48. The topological polar surface area (TPSA) is 96.2 Å². The van der Waals surface area contributed by atoms with Crippen LogP contribution in [-0.2, 0) is 21.6 Å². The number of alkyl halides is 3. The number of ether oxygens (including phenoxy) is 1. The van der Waals surface area contributed by atoms with Gasteiger partial charge in [0.15, 0.2) is 11.4 Å². The molecule has 13 heteroatoms. The molecule has 3 heterocycles. The maximum absolute atomic E-state index is 12.2. The summed E-state index contributed by atoms with van der Waals surface area (Å²) in [5, 5.41) is 4.13. The van der Waals surface area contributed by atoms with Crippen LogP contribution in [0.1, 0.15) is 0 Å². The first-order valence-electron chi connectivity index (χ1n) is 9.15. The summed E-state index contributed by atoms with van der Waals surface area (Å²) in [6.07, 6.45) is 6.16. The molecule has 3 aromatic rings. The first kappa shape index (κ1) is 24.8. The van der Waals surface area contributed by atoms with Crippen molar-refractivity contribution >= 4 is 29.2 Å². The minimum atomic E-state index is -5.70. The minimum absolute atomic E-state index is 0.0767. The van der Waals surface area contributed by atoms with Crippen molar-refractivity contribution < 1.29 is 30.5 Å². The van der Waals surface area contributed by atoms with Gasteiger partial charge in [0.25, 0.3) is 0 Å². The molecule has 0 amide bonds. The predicted octanol–water partition coefficient (Wildman–Crippen LogP) is 4.05. The molecule has 170 valence electrons.